The Bertz CT molecular complexity index is 255. The molecular weight excluding hydrogens is 198 g/mol. The SMILES string of the molecule is CC(C)NNC(=O)C1CCC(C(=O)O)N1. The summed E-state index contributed by atoms with van der Waals surface area (Å²) in [5.74, 6) is -1.10. The fourth-order valence-electron chi connectivity index (χ4n) is 1.45. The molecule has 6 nitrogen and oxygen atoms in total. The van der Waals surface area contributed by atoms with Gasteiger partial charge in [-0.1, -0.05) is 0 Å². The number of aliphatic carboxylic acids is 1. The molecule has 0 saturated carbocycles. The van der Waals surface area contributed by atoms with Crippen LogP contribution < -0.4 is 16.2 Å². The Morgan fingerprint density at radius 2 is 1.93 bits per heavy atom. The zero-order valence-electron chi connectivity index (χ0n) is 8.91. The molecule has 1 heterocycles. The maximum atomic E-state index is 11.5. The smallest absolute Gasteiger partial charge is 0.320 e. The molecule has 15 heavy (non-hydrogen) atoms. The second kappa shape index (κ2) is 5.09. The van der Waals surface area contributed by atoms with Crippen molar-refractivity contribution in [3.8, 4) is 0 Å². The standard InChI is InChI=1S/C9H17N3O3/c1-5(2)11-12-8(13)6-3-4-7(10-6)9(14)15/h5-7,10-11H,3-4H2,1-2H3,(H,12,13)(H,14,15). The van der Waals surface area contributed by atoms with Crippen LogP contribution in [-0.2, 0) is 9.59 Å². The molecule has 1 aliphatic heterocycles. The van der Waals surface area contributed by atoms with Gasteiger partial charge in [0.05, 0.1) is 6.04 Å². The molecular formula is C9H17N3O3. The lowest BCUT2D eigenvalue weighted by Crippen LogP contribution is -2.50. The Morgan fingerprint density at radius 3 is 2.40 bits per heavy atom. The fraction of sp³-hybridized carbons (Fsp3) is 0.778. The highest BCUT2D eigenvalue weighted by atomic mass is 16.4. The highest BCUT2D eigenvalue weighted by molar-refractivity contribution is 5.83. The van der Waals surface area contributed by atoms with Crippen LogP contribution in [0.5, 0.6) is 0 Å². The minimum Gasteiger partial charge on any atom is -0.480 e. The average Bonchev–Trinajstić information content (AvgIpc) is 2.62. The topological polar surface area (TPSA) is 90.5 Å². The summed E-state index contributed by atoms with van der Waals surface area (Å²) >= 11 is 0. The van der Waals surface area contributed by atoms with E-state index in [-0.39, 0.29) is 11.9 Å². The van der Waals surface area contributed by atoms with E-state index in [2.05, 4.69) is 16.2 Å². The zero-order chi connectivity index (χ0) is 11.4. The highest BCUT2D eigenvalue weighted by Crippen LogP contribution is 2.12. The number of amides is 1. The Labute approximate surface area is 88.4 Å². The number of carboxylic acids is 1. The Morgan fingerprint density at radius 1 is 1.33 bits per heavy atom. The Hall–Kier alpha value is -1.14. The molecule has 1 rings (SSSR count). The van der Waals surface area contributed by atoms with Gasteiger partial charge in [-0.25, -0.2) is 5.43 Å². The predicted octanol–water partition coefficient (Wildman–Crippen LogP) is -0.779. The monoisotopic (exact) mass is 215 g/mol. The van der Waals surface area contributed by atoms with Gasteiger partial charge in [-0.3, -0.25) is 20.3 Å². The summed E-state index contributed by atoms with van der Waals surface area (Å²) < 4.78 is 0. The zero-order valence-corrected chi connectivity index (χ0v) is 8.91. The van der Waals surface area contributed by atoms with Crippen LogP contribution in [0.4, 0.5) is 0 Å². The van der Waals surface area contributed by atoms with Crippen LogP contribution in [0.1, 0.15) is 26.7 Å². The molecule has 0 spiro atoms. The van der Waals surface area contributed by atoms with Crippen LogP contribution in [-0.4, -0.2) is 35.1 Å². The normalized spacial score (nSPS) is 25.5. The molecule has 0 bridgehead atoms. The van der Waals surface area contributed by atoms with E-state index in [1.165, 1.54) is 0 Å². The molecule has 2 unspecified atom stereocenters. The van der Waals surface area contributed by atoms with Gasteiger partial charge >= 0.3 is 5.97 Å². The number of hydrogen-bond acceptors (Lipinski definition) is 4. The van der Waals surface area contributed by atoms with Gasteiger partial charge in [-0.05, 0) is 26.7 Å². The second-order valence-electron chi connectivity index (χ2n) is 3.98. The molecule has 0 aromatic carbocycles. The lowest BCUT2D eigenvalue weighted by molar-refractivity contribution is -0.139. The first-order valence-corrected chi connectivity index (χ1v) is 5.05. The molecule has 1 amide bonds. The molecule has 2 atom stereocenters. The van der Waals surface area contributed by atoms with Crippen molar-refractivity contribution in [3.63, 3.8) is 0 Å². The van der Waals surface area contributed by atoms with E-state index in [9.17, 15) is 9.59 Å². The van der Waals surface area contributed by atoms with Crippen LogP contribution in [0.3, 0.4) is 0 Å². The van der Waals surface area contributed by atoms with Crippen LogP contribution >= 0.6 is 0 Å². The number of rotatable bonds is 4. The second-order valence-corrected chi connectivity index (χ2v) is 3.98. The molecule has 86 valence electrons. The van der Waals surface area contributed by atoms with Crippen LogP contribution in [0, 0.1) is 0 Å². The van der Waals surface area contributed by atoms with Crippen molar-refractivity contribution in [3.05, 3.63) is 0 Å². The van der Waals surface area contributed by atoms with E-state index in [0.29, 0.717) is 12.8 Å². The number of carboxylic acid groups (broad SMARTS) is 1. The van der Waals surface area contributed by atoms with Crippen LogP contribution in [0.15, 0.2) is 0 Å². The third-order valence-electron chi connectivity index (χ3n) is 2.25. The molecule has 1 aliphatic rings. The lowest BCUT2D eigenvalue weighted by Gasteiger charge is -2.14. The molecule has 0 aliphatic carbocycles. The molecule has 1 fully saturated rings. The first-order valence-electron chi connectivity index (χ1n) is 5.05. The fourth-order valence-corrected chi connectivity index (χ4v) is 1.45. The first-order chi connectivity index (χ1) is 7.00. The van der Waals surface area contributed by atoms with E-state index in [1.807, 2.05) is 13.8 Å². The molecule has 6 heteroatoms. The number of hydrazine groups is 1. The van der Waals surface area contributed by atoms with E-state index in [1.54, 1.807) is 0 Å². The lowest BCUT2D eigenvalue weighted by atomic mass is 10.2. The summed E-state index contributed by atoms with van der Waals surface area (Å²) in [7, 11) is 0. The molecule has 1 saturated heterocycles. The van der Waals surface area contributed by atoms with Crippen molar-refractivity contribution >= 4 is 11.9 Å². The summed E-state index contributed by atoms with van der Waals surface area (Å²) in [4.78, 5) is 22.1. The molecule has 0 radical (unpaired) electrons. The van der Waals surface area contributed by atoms with Gasteiger partial charge in [0, 0.05) is 6.04 Å². The van der Waals surface area contributed by atoms with Gasteiger partial charge in [0.2, 0.25) is 0 Å². The van der Waals surface area contributed by atoms with Crippen molar-refractivity contribution in [1.29, 1.82) is 0 Å². The van der Waals surface area contributed by atoms with Gasteiger partial charge in [0.1, 0.15) is 6.04 Å². The summed E-state index contributed by atoms with van der Waals surface area (Å²) in [5, 5.41) is 11.5. The molecule has 0 aromatic heterocycles. The van der Waals surface area contributed by atoms with Gasteiger partial charge < -0.3 is 5.11 Å². The largest absolute Gasteiger partial charge is 0.480 e. The van der Waals surface area contributed by atoms with Crippen molar-refractivity contribution in [2.24, 2.45) is 0 Å². The molecule has 0 aromatic rings. The minimum atomic E-state index is -0.901. The third-order valence-corrected chi connectivity index (χ3v) is 2.25. The quantitative estimate of drug-likeness (QED) is 0.462. The van der Waals surface area contributed by atoms with Crippen LogP contribution in [0.25, 0.3) is 0 Å². The summed E-state index contributed by atoms with van der Waals surface area (Å²) in [5.41, 5.74) is 5.32. The van der Waals surface area contributed by atoms with Gasteiger partial charge in [0.15, 0.2) is 0 Å². The number of carbonyl (C=O) groups is 2. The van der Waals surface area contributed by atoms with Crippen molar-refractivity contribution < 1.29 is 14.7 Å². The third kappa shape index (κ3) is 3.49. The van der Waals surface area contributed by atoms with Gasteiger partial charge in [-0.2, -0.15) is 0 Å². The average molecular weight is 215 g/mol. The predicted molar refractivity (Wildman–Crippen MR) is 54.0 cm³/mol. The van der Waals surface area contributed by atoms with E-state index in [4.69, 9.17) is 5.11 Å². The van der Waals surface area contributed by atoms with Crippen LogP contribution in [0.2, 0.25) is 0 Å². The van der Waals surface area contributed by atoms with Crippen molar-refractivity contribution in [2.75, 3.05) is 0 Å². The Balaban J connectivity index is 2.33. The maximum Gasteiger partial charge on any atom is 0.320 e. The van der Waals surface area contributed by atoms with E-state index < -0.39 is 18.1 Å². The first kappa shape index (κ1) is 11.9. The van der Waals surface area contributed by atoms with E-state index >= 15 is 0 Å². The summed E-state index contributed by atoms with van der Waals surface area (Å²) in [6.07, 6.45) is 1.05. The molecule has 4 N–H and O–H groups in total. The van der Waals surface area contributed by atoms with Crippen molar-refractivity contribution in [1.82, 2.24) is 16.2 Å². The summed E-state index contributed by atoms with van der Waals surface area (Å²) in [6, 6.07) is -0.845. The Kier molecular flexibility index (Phi) is 4.05. The number of nitrogens with one attached hydrogen (secondary N) is 3. The van der Waals surface area contributed by atoms with Gasteiger partial charge in [-0.15, -0.1) is 0 Å². The number of hydrogen-bond donors (Lipinski definition) is 4. The maximum absolute atomic E-state index is 11.5. The van der Waals surface area contributed by atoms with E-state index in [0.717, 1.165) is 0 Å². The van der Waals surface area contributed by atoms with Gasteiger partial charge in [0.25, 0.3) is 5.91 Å². The summed E-state index contributed by atoms with van der Waals surface area (Å²) in [6.45, 7) is 3.81. The minimum absolute atomic E-state index is 0.158. The highest BCUT2D eigenvalue weighted by Gasteiger charge is 2.32. The van der Waals surface area contributed by atoms with Crippen molar-refractivity contribution in [2.45, 2.75) is 44.8 Å². The number of carbonyl (C=O) groups excluding carboxylic acids is 1.